The molecule has 0 atom stereocenters. The monoisotopic (exact) mass is 186 g/mol. The Morgan fingerprint density at radius 2 is 2.23 bits per heavy atom. The molecule has 0 aliphatic rings. The lowest BCUT2D eigenvalue weighted by Crippen LogP contribution is -2.31. The number of carboxylic acid groups (broad SMARTS) is 1. The molecular formula is C8H14N2O3. The van der Waals surface area contributed by atoms with E-state index in [1.807, 2.05) is 24.7 Å². The molecule has 1 aromatic heterocycles. The predicted octanol–water partition coefficient (Wildman–Crippen LogP) is -1.13. The minimum atomic E-state index is -1.08. The highest BCUT2D eigenvalue weighted by molar-refractivity contribution is 5.60. The standard InChI is InChI=1S/C6H11N2O.C2H4O2/c1-3-6-7(2)4-5-8(6)9;1-2(3)4/h4-5,9H,3H2,1-2H3;1H3,(H,3,4)/q+1;/p-1. The maximum atomic E-state index is 9.03. The molecule has 1 rings (SSSR count). The Bertz CT molecular complexity index is 257. The fourth-order valence-corrected chi connectivity index (χ4v) is 0.908. The quantitative estimate of drug-likeness (QED) is 0.445. The topological polar surface area (TPSA) is 69.2 Å². The fourth-order valence-electron chi connectivity index (χ4n) is 0.908. The molecule has 0 saturated heterocycles. The molecule has 0 bridgehead atoms. The zero-order chi connectivity index (χ0) is 10.4. The third-order valence-corrected chi connectivity index (χ3v) is 1.42. The lowest BCUT2D eigenvalue weighted by molar-refractivity contribution is -0.679. The summed E-state index contributed by atoms with van der Waals surface area (Å²) >= 11 is 0. The summed E-state index contributed by atoms with van der Waals surface area (Å²) in [6.07, 6.45) is 4.29. The second-order valence-corrected chi connectivity index (χ2v) is 2.51. The van der Waals surface area contributed by atoms with Gasteiger partial charge in [0.2, 0.25) is 0 Å². The number of carboxylic acids is 1. The average molecular weight is 186 g/mol. The van der Waals surface area contributed by atoms with Crippen molar-refractivity contribution in [3.63, 3.8) is 0 Å². The van der Waals surface area contributed by atoms with Crippen LogP contribution in [0, 0.1) is 0 Å². The number of aryl methyl sites for hydroxylation is 1. The maximum absolute atomic E-state index is 9.03. The van der Waals surface area contributed by atoms with Crippen molar-refractivity contribution in [2.75, 3.05) is 0 Å². The van der Waals surface area contributed by atoms with E-state index in [2.05, 4.69) is 0 Å². The Morgan fingerprint density at radius 1 is 1.77 bits per heavy atom. The summed E-state index contributed by atoms with van der Waals surface area (Å²) in [6.45, 7) is 2.97. The molecule has 1 N–H and O–H groups in total. The third kappa shape index (κ3) is 4.15. The van der Waals surface area contributed by atoms with Gasteiger partial charge in [0.1, 0.15) is 6.20 Å². The van der Waals surface area contributed by atoms with Crippen LogP contribution in [0.25, 0.3) is 0 Å². The van der Waals surface area contributed by atoms with Crippen molar-refractivity contribution in [2.45, 2.75) is 20.3 Å². The van der Waals surface area contributed by atoms with Crippen LogP contribution in [-0.4, -0.2) is 15.9 Å². The van der Waals surface area contributed by atoms with Gasteiger partial charge in [0.15, 0.2) is 6.20 Å². The van der Waals surface area contributed by atoms with Gasteiger partial charge in [-0.2, -0.15) is 0 Å². The molecule has 5 nitrogen and oxygen atoms in total. The summed E-state index contributed by atoms with van der Waals surface area (Å²) in [7, 11) is 1.91. The van der Waals surface area contributed by atoms with Gasteiger partial charge < -0.3 is 15.1 Å². The van der Waals surface area contributed by atoms with Crippen LogP contribution in [0.3, 0.4) is 0 Å². The third-order valence-electron chi connectivity index (χ3n) is 1.42. The van der Waals surface area contributed by atoms with E-state index in [-0.39, 0.29) is 0 Å². The molecular weight excluding hydrogens is 172 g/mol. The lowest BCUT2D eigenvalue weighted by Gasteiger charge is -1.88. The van der Waals surface area contributed by atoms with Crippen molar-refractivity contribution < 1.29 is 19.7 Å². The van der Waals surface area contributed by atoms with Crippen molar-refractivity contribution in [3.8, 4) is 0 Å². The van der Waals surface area contributed by atoms with Gasteiger partial charge in [-0.3, -0.25) is 0 Å². The number of hydrogen-bond donors (Lipinski definition) is 1. The minimum absolute atomic E-state index is 0.847. The summed E-state index contributed by atoms with van der Waals surface area (Å²) in [6, 6.07) is 0. The molecule has 74 valence electrons. The molecule has 0 aliphatic carbocycles. The van der Waals surface area contributed by atoms with Crippen molar-refractivity contribution in [2.24, 2.45) is 7.05 Å². The minimum Gasteiger partial charge on any atom is -0.550 e. The second-order valence-electron chi connectivity index (χ2n) is 2.51. The molecule has 0 saturated carbocycles. The van der Waals surface area contributed by atoms with Gasteiger partial charge in [-0.05, 0) is 6.92 Å². The molecule has 0 fully saturated rings. The first-order valence-corrected chi connectivity index (χ1v) is 3.91. The molecule has 5 heteroatoms. The first kappa shape index (κ1) is 11.5. The zero-order valence-corrected chi connectivity index (χ0v) is 8.02. The molecule has 13 heavy (non-hydrogen) atoms. The smallest absolute Gasteiger partial charge is 0.295 e. The number of aliphatic carboxylic acids is 1. The van der Waals surface area contributed by atoms with E-state index in [4.69, 9.17) is 15.1 Å². The molecule has 0 radical (unpaired) electrons. The molecule has 0 aromatic carbocycles. The summed E-state index contributed by atoms with van der Waals surface area (Å²) in [5, 5.41) is 17.9. The highest BCUT2D eigenvalue weighted by Crippen LogP contribution is 1.89. The van der Waals surface area contributed by atoms with Crippen LogP contribution >= 0.6 is 0 Å². The zero-order valence-electron chi connectivity index (χ0n) is 8.02. The molecule has 0 spiro atoms. The van der Waals surface area contributed by atoms with Gasteiger partial charge in [0, 0.05) is 5.97 Å². The van der Waals surface area contributed by atoms with E-state index in [1.165, 1.54) is 0 Å². The van der Waals surface area contributed by atoms with E-state index in [1.54, 1.807) is 6.20 Å². The Morgan fingerprint density at radius 3 is 2.38 bits per heavy atom. The molecule has 0 aliphatic heterocycles. The first-order valence-electron chi connectivity index (χ1n) is 3.91. The molecule has 0 amide bonds. The van der Waals surface area contributed by atoms with Gasteiger partial charge in [-0.1, -0.05) is 11.7 Å². The van der Waals surface area contributed by atoms with Gasteiger partial charge in [0.05, 0.1) is 13.5 Å². The van der Waals surface area contributed by atoms with Crippen LogP contribution < -0.4 is 9.67 Å². The van der Waals surface area contributed by atoms with E-state index >= 15 is 0 Å². The Labute approximate surface area is 76.8 Å². The van der Waals surface area contributed by atoms with Crippen molar-refractivity contribution in [3.05, 3.63) is 18.2 Å². The number of rotatable bonds is 1. The molecule has 1 heterocycles. The normalized spacial score (nSPS) is 8.85. The van der Waals surface area contributed by atoms with Crippen LogP contribution in [0.2, 0.25) is 0 Å². The van der Waals surface area contributed by atoms with Crippen molar-refractivity contribution >= 4 is 5.97 Å². The van der Waals surface area contributed by atoms with Crippen LogP contribution in [0.4, 0.5) is 0 Å². The number of hydrogen-bond acceptors (Lipinski definition) is 3. The lowest BCUT2D eigenvalue weighted by atomic mass is 10.5. The highest BCUT2D eigenvalue weighted by atomic mass is 16.5. The number of carbonyl (C=O) groups is 1. The predicted molar refractivity (Wildman–Crippen MR) is 42.9 cm³/mol. The van der Waals surface area contributed by atoms with Gasteiger partial charge in [-0.25, -0.2) is 4.57 Å². The Hall–Kier alpha value is -1.52. The van der Waals surface area contributed by atoms with Gasteiger partial charge in [0.25, 0.3) is 5.82 Å². The largest absolute Gasteiger partial charge is 0.550 e. The summed E-state index contributed by atoms with van der Waals surface area (Å²) in [5.41, 5.74) is 0. The van der Waals surface area contributed by atoms with E-state index in [0.29, 0.717) is 0 Å². The SMILES string of the molecule is CC(=O)[O-].CCc1n(O)cc[n+]1C. The second kappa shape index (κ2) is 5.18. The van der Waals surface area contributed by atoms with Crippen LogP contribution in [0.1, 0.15) is 19.7 Å². The van der Waals surface area contributed by atoms with E-state index in [0.717, 1.165) is 23.9 Å². The summed E-state index contributed by atoms with van der Waals surface area (Å²) < 4.78 is 3.03. The highest BCUT2D eigenvalue weighted by Gasteiger charge is 2.08. The number of nitrogens with zero attached hydrogens (tertiary/aromatic N) is 2. The Kier molecular flexibility index (Phi) is 4.58. The Balaban J connectivity index is 0.000000310. The van der Waals surface area contributed by atoms with E-state index in [9.17, 15) is 0 Å². The summed E-state index contributed by atoms with van der Waals surface area (Å²) in [4.78, 5) is 8.89. The van der Waals surface area contributed by atoms with Crippen LogP contribution in [0.5, 0.6) is 0 Å². The van der Waals surface area contributed by atoms with Gasteiger partial charge >= 0.3 is 0 Å². The van der Waals surface area contributed by atoms with Crippen LogP contribution in [-0.2, 0) is 18.3 Å². The average Bonchev–Trinajstić information content (AvgIpc) is 2.30. The fraction of sp³-hybridized carbons (Fsp3) is 0.500. The van der Waals surface area contributed by atoms with Gasteiger partial charge in [-0.15, -0.1) is 0 Å². The van der Waals surface area contributed by atoms with Crippen molar-refractivity contribution in [1.82, 2.24) is 4.73 Å². The van der Waals surface area contributed by atoms with E-state index < -0.39 is 5.97 Å². The van der Waals surface area contributed by atoms with Crippen molar-refractivity contribution in [1.29, 1.82) is 0 Å². The summed E-state index contributed by atoms with van der Waals surface area (Å²) in [5.74, 6) is -0.171. The first-order chi connectivity index (χ1) is 5.99. The number of imidazole rings is 1. The van der Waals surface area contributed by atoms with Crippen LogP contribution in [0.15, 0.2) is 12.4 Å². The molecule has 1 aromatic rings. The maximum Gasteiger partial charge on any atom is 0.295 e. The molecule has 0 unspecified atom stereocenters. The number of carbonyl (C=O) groups excluding carboxylic acids is 1. The number of aromatic nitrogens is 2.